The van der Waals surface area contributed by atoms with Gasteiger partial charge in [0.1, 0.15) is 0 Å². The topological polar surface area (TPSA) is 49.6 Å². The van der Waals surface area contributed by atoms with Crippen LogP contribution in [0.25, 0.3) is 0 Å². The molecule has 3 rings (SSSR count). The third kappa shape index (κ3) is 2.76. The van der Waals surface area contributed by atoms with E-state index < -0.39 is 0 Å². The van der Waals surface area contributed by atoms with Gasteiger partial charge in [0.25, 0.3) is 0 Å². The molecule has 0 radical (unpaired) electrons. The molecule has 1 amide bonds. The number of halogens is 1. The monoisotopic (exact) mass is 287 g/mol. The maximum absolute atomic E-state index is 12.4. The quantitative estimate of drug-likeness (QED) is 0.831. The van der Waals surface area contributed by atoms with Gasteiger partial charge in [0.05, 0.1) is 6.04 Å². The summed E-state index contributed by atoms with van der Waals surface area (Å²) in [7, 11) is 0. The minimum Gasteiger partial charge on any atom is -0.338 e. The molecule has 3 aliphatic rings. The van der Waals surface area contributed by atoms with Crippen molar-refractivity contribution < 1.29 is 4.79 Å². The third-order valence-corrected chi connectivity index (χ3v) is 4.98. The Morgan fingerprint density at radius 1 is 1.16 bits per heavy atom. The number of rotatable bonds is 2. The van der Waals surface area contributed by atoms with Crippen molar-refractivity contribution in [3.63, 3.8) is 0 Å². The second-order valence-electron chi connectivity index (χ2n) is 6.92. The summed E-state index contributed by atoms with van der Waals surface area (Å²) in [6, 6.07) is 0.977. The summed E-state index contributed by atoms with van der Waals surface area (Å²) in [6.07, 6.45) is 4.46. The number of carbonyl (C=O) groups is 1. The molecule has 2 N–H and O–H groups in total. The van der Waals surface area contributed by atoms with Crippen LogP contribution in [0.3, 0.4) is 0 Å². The van der Waals surface area contributed by atoms with Crippen LogP contribution in [0, 0.1) is 5.41 Å². The molecule has 0 spiro atoms. The molecule has 0 aromatic rings. The van der Waals surface area contributed by atoms with Gasteiger partial charge in [-0.05, 0) is 31.1 Å². The fraction of sp³-hybridized carbons (Fsp3) is 0.929. The Morgan fingerprint density at radius 2 is 1.84 bits per heavy atom. The van der Waals surface area contributed by atoms with Crippen molar-refractivity contribution in [2.24, 2.45) is 11.1 Å². The SMILES string of the molecule is CC1(C)CN(C2CCN(C3CC3)C2=O)CCC1N.Cl. The van der Waals surface area contributed by atoms with Crippen molar-refractivity contribution in [1.29, 1.82) is 0 Å². The molecule has 0 aromatic heterocycles. The average molecular weight is 288 g/mol. The molecule has 2 saturated heterocycles. The molecule has 1 aliphatic carbocycles. The zero-order valence-electron chi connectivity index (χ0n) is 12.0. The summed E-state index contributed by atoms with van der Waals surface area (Å²) in [5, 5.41) is 0. The van der Waals surface area contributed by atoms with E-state index >= 15 is 0 Å². The lowest BCUT2D eigenvalue weighted by atomic mass is 9.79. The molecule has 4 nitrogen and oxygen atoms in total. The van der Waals surface area contributed by atoms with Gasteiger partial charge in [0, 0.05) is 31.7 Å². The van der Waals surface area contributed by atoms with E-state index in [1.165, 1.54) is 12.8 Å². The fourth-order valence-corrected chi connectivity index (χ4v) is 3.46. The van der Waals surface area contributed by atoms with E-state index in [2.05, 4.69) is 23.6 Å². The van der Waals surface area contributed by atoms with Crippen LogP contribution < -0.4 is 5.73 Å². The van der Waals surface area contributed by atoms with Crippen LogP contribution in [0.2, 0.25) is 0 Å². The number of nitrogens with zero attached hydrogens (tertiary/aromatic N) is 2. The molecule has 3 fully saturated rings. The van der Waals surface area contributed by atoms with E-state index in [1.54, 1.807) is 0 Å². The molecule has 19 heavy (non-hydrogen) atoms. The van der Waals surface area contributed by atoms with E-state index in [9.17, 15) is 4.79 Å². The first-order valence-corrected chi connectivity index (χ1v) is 7.29. The van der Waals surface area contributed by atoms with Gasteiger partial charge < -0.3 is 10.6 Å². The maximum atomic E-state index is 12.4. The zero-order chi connectivity index (χ0) is 12.9. The van der Waals surface area contributed by atoms with Gasteiger partial charge in [-0.1, -0.05) is 13.8 Å². The highest BCUT2D eigenvalue weighted by Crippen LogP contribution is 2.35. The van der Waals surface area contributed by atoms with Gasteiger partial charge in [-0.3, -0.25) is 9.69 Å². The number of nitrogens with two attached hydrogens (primary N) is 1. The van der Waals surface area contributed by atoms with Crippen molar-refractivity contribution in [2.75, 3.05) is 19.6 Å². The van der Waals surface area contributed by atoms with Crippen molar-refractivity contribution in [3.8, 4) is 0 Å². The summed E-state index contributed by atoms with van der Waals surface area (Å²) < 4.78 is 0. The summed E-state index contributed by atoms with van der Waals surface area (Å²) in [5.74, 6) is 0.378. The third-order valence-electron chi connectivity index (χ3n) is 4.98. The van der Waals surface area contributed by atoms with E-state index in [-0.39, 0.29) is 29.9 Å². The first-order chi connectivity index (χ1) is 8.49. The van der Waals surface area contributed by atoms with Gasteiger partial charge >= 0.3 is 0 Å². The average Bonchev–Trinajstić information content (AvgIpc) is 3.07. The lowest BCUT2D eigenvalue weighted by molar-refractivity contribution is -0.133. The zero-order valence-corrected chi connectivity index (χ0v) is 12.8. The highest BCUT2D eigenvalue weighted by Gasteiger charge is 2.45. The minimum absolute atomic E-state index is 0. The molecular formula is C14H26ClN3O. The standard InChI is InChI=1S/C14H25N3O.ClH/c1-14(2)9-16(7-6-12(14)15)11-5-8-17(13(11)18)10-3-4-10;/h10-12H,3-9,15H2,1-2H3;1H. The van der Waals surface area contributed by atoms with Crippen LogP contribution in [0.1, 0.15) is 39.5 Å². The molecule has 2 aliphatic heterocycles. The van der Waals surface area contributed by atoms with Crippen LogP contribution in [0.15, 0.2) is 0 Å². The molecule has 0 bridgehead atoms. The van der Waals surface area contributed by atoms with Crippen LogP contribution in [-0.4, -0.2) is 53.5 Å². The lowest BCUT2D eigenvalue weighted by Crippen LogP contribution is -2.56. The molecule has 5 heteroatoms. The predicted octanol–water partition coefficient (Wildman–Crippen LogP) is 1.23. The normalized spacial score (nSPS) is 35.3. The van der Waals surface area contributed by atoms with E-state index in [1.807, 2.05) is 0 Å². The molecule has 1 saturated carbocycles. The second kappa shape index (κ2) is 5.23. The molecular weight excluding hydrogens is 262 g/mol. The fourth-order valence-electron chi connectivity index (χ4n) is 3.46. The summed E-state index contributed by atoms with van der Waals surface area (Å²) in [4.78, 5) is 16.9. The van der Waals surface area contributed by atoms with E-state index in [4.69, 9.17) is 5.73 Å². The number of hydrogen-bond acceptors (Lipinski definition) is 3. The van der Waals surface area contributed by atoms with Crippen molar-refractivity contribution in [3.05, 3.63) is 0 Å². The van der Waals surface area contributed by atoms with Gasteiger partial charge in [-0.2, -0.15) is 0 Å². The molecule has 2 heterocycles. The Kier molecular flexibility index (Phi) is 4.15. The predicted molar refractivity (Wildman–Crippen MR) is 78.3 cm³/mol. The van der Waals surface area contributed by atoms with E-state index in [0.717, 1.165) is 32.5 Å². The van der Waals surface area contributed by atoms with Crippen molar-refractivity contribution in [1.82, 2.24) is 9.80 Å². The number of piperidine rings is 1. The van der Waals surface area contributed by atoms with Crippen LogP contribution >= 0.6 is 12.4 Å². The summed E-state index contributed by atoms with van der Waals surface area (Å²) >= 11 is 0. The molecule has 2 atom stereocenters. The highest BCUT2D eigenvalue weighted by atomic mass is 35.5. The number of carbonyl (C=O) groups excluding carboxylic acids is 1. The Hall–Kier alpha value is -0.320. The van der Waals surface area contributed by atoms with Crippen LogP contribution in [0.4, 0.5) is 0 Å². The molecule has 110 valence electrons. The first-order valence-electron chi connectivity index (χ1n) is 7.29. The number of likely N-dealkylation sites (tertiary alicyclic amines) is 2. The number of amides is 1. The van der Waals surface area contributed by atoms with E-state index in [0.29, 0.717) is 11.9 Å². The van der Waals surface area contributed by atoms with Crippen LogP contribution in [-0.2, 0) is 4.79 Å². The van der Waals surface area contributed by atoms with Gasteiger partial charge in [-0.15, -0.1) is 12.4 Å². The highest BCUT2D eigenvalue weighted by molar-refractivity contribution is 5.85. The van der Waals surface area contributed by atoms with Crippen molar-refractivity contribution in [2.45, 2.75) is 57.7 Å². The molecule has 0 aromatic carbocycles. The smallest absolute Gasteiger partial charge is 0.240 e. The number of hydrogen-bond donors (Lipinski definition) is 1. The Labute approximate surface area is 122 Å². The summed E-state index contributed by atoms with van der Waals surface area (Å²) in [5.41, 5.74) is 6.30. The van der Waals surface area contributed by atoms with Gasteiger partial charge in [0.15, 0.2) is 0 Å². The van der Waals surface area contributed by atoms with Crippen LogP contribution in [0.5, 0.6) is 0 Å². The first kappa shape index (κ1) is 15.1. The van der Waals surface area contributed by atoms with Crippen molar-refractivity contribution >= 4 is 18.3 Å². The Morgan fingerprint density at radius 3 is 2.42 bits per heavy atom. The minimum atomic E-state index is 0. The van der Waals surface area contributed by atoms with Gasteiger partial charge in [0.2, 0.25) is 5.91 Å². The molecule has 2 unspecified atom stereocenters. The maximum Gasteiger partial charge on any atom is 0.240 e. The summed E-state index contributed by atoms with van der Waals surface area (Å²) in [6.45, 7) is 7.36. The second-order valence-corrected chi connectivity index (χ2v) is 6.92. The largest absolute Gasteiger partial charge is 0.338 e. The lowest BCUT2D eigenvalue weighted by Gasteiger charge is -2.44. The van der Waals surface area contributed by atoms with Gasteiger partial charge in [-0.25, -0.2) is 0 Å². The Balaban J connectivity index is 0.00000133. The Bertz CT molecular complexity index is 357.